The molecule has 22 heavy (non-hydrogen) atoms. The highest BCUT2D eigenvalue weighted by Gasteiger charge is 2.21. The second kappa shape index (κ2) is 6.59. The van der Waals surface area contributed by atoms with Crippen LogP contribution >= 0.6 is 0 Å². The topological polar surface area (TPSA) is 94.8 Å². The number of hydrogen-bond acceptors (Lipinski definition) is 5. The Kier molecular flexibility index (Phi) is 5.29. The first-order valence-corrected chi connectivity index (χ1v) is 6.78. The van der Waals surface area contributed by atoms with Gasteiger partial charge in [0.2, 0.25) is 0 Å². The summed E-state index contributed by atoms with van der Waals surface area (Å²) in [6.45, 7) is 10.5. The smallest absolute Gasteiger partial charge is 0.438 e. The minimum absolute atomic E-state index is 0.291. The molecule has 2 amide bonds. The average Bonchev–Trinajstić information content (AvgIpc) is 2.75. The van der Waals surface area contributed by atoms with Crippen LogP contribution in [0.1, 0.15) is 41.5 Å². The molecular formula is C14H22N4O4. The number of alkyl carbamates (subject to hydrolysis) is 1. The number of nitrogens with zero attached hydrogens (tertiary/aromatic N) is 3. The molecule has 0 atom stereocenters. The number of carbonyl (C=O) groups excluding carboxylic acids is 2. The Labute approximate surface area is 129 Å². The van der Waals surface area contributed by atoms with Crippen LogP contribution < -0.4 is 5.32 Å². The Morgan fingerprint density at radius 3 is 2.27 bits per heavy atom. The molecule has 0 saturated carbocycles. The van der Waals surface area contributed by atoms with E-state index in [0.717, 1.165) is 4.68 Å². The average molecular weight is 310 g/mol. The third kappa shape index (κ3) is 6.87. The van der Waals surface area contributed by atoms with Crippen LogP contribution in [-0.2, 0) is 9.47 Å². The summed E-state index contributed by atoms with van der Waals surface area (Å²) in [5.41, 5.74) is -1.19. The monoisotopic (exact) mass is 310 g/mol. The van der Waals surface area contributed by atoms with Crippen molar-refractivity contribution in [1.29, 1.82) is 0 Å². The molecule has 0 fully saturated rings. The van der Waals surface area contributed by atoms with Crippen molar-refractivity contribution in [2.24, 2.45) is 4.99 Å². The van der Waals surface area contributed by atoms with Crippen molar-refractivity contribution in [1.82, 2.24) is 15.1 Å². The molecule has 0 bridgehead atoms. The number of ether oxygens (including phenoxy) is 2. The molecule has 0 unspecified atom stereocenters. The first kappa shape index (κ1) is 17.7. The maximum Gasteiger partial charge on any atom is 0.438 e. The van der Waals surface area contributed by atoms with Crippen LogP contribution in [0.4, 0.5) is 9.59 Å². The predicted molar refractivity (Wildman–Crippen MR) is 80.7 cm³/mol. The molecule has 0 saturated heterocycles. The second-order valence-electron chi connectivity index (χ2n) is 6.59. The van der Waals surface area contributed by atoms with E-state index >= 15 is 0 Å². The SMILES string of the molecule is CC(C)(C)NC(=O)O/C(=N/C(=O)OC(C)(C)C)n1cccn1. The van der Waals surface area contributed by atoms with Gasteiger partial charge < -0.3 is 14.8 Å². The van der Waals surface area contributed by atoms with Gasteiger partial charge in [-0.05, 0) is 47.6 Å². The predicted octanol–water partition coefficient (Wildman–Crippen LogP) is 2.55. The number of amides is 2. The number of rotatable bonds is 0. The van der Waals surface area contributed by atoms with Gasteiger partial charge in [-0.3, -0.25) is 0 Å². The Hall–Kier alpha value is -2.38. The normalized spacial score (nSPS) is 12.7. The number of carbonyl (C=O) groups is 2. The Morgan fingerprint density at radius 2 is 1.82 bits per heavy atom. The fourth-order valence-electron chi connectivity index (χ4n) is 1.28. The quantitative estimate of drug-likeness (QED) is 0.587. The van der Waals surface area contributed by atoms with Gasteiger partial charge in [-0.25, -0.2) is 9.59 Å². The second-order valence-corrected chi connectivity index (χ2v) is 6.59. The van der Waals surface area contributed by atoms with Gasteiger partial charge in [0.05, 0.1) is 0 Å². The molecule has 122 valence electrons. The molecule has 0 aromatic carbocycles. The van der Waals surface area contributed by atoms with Gasteiger partial charge in [-0.1, -0.05) is 0 Å². The van der Waals surface area contributed by atoms with Crippen LogP contribution in [0, 0.1) is 0 Å². The standard InChI is InChI=1S/C14H22N4O4/c1-13(2,3)17-12(20)21-10(18-9-7-8-15-18)16-11(19)22-14(4,5)6/h7-9H,1-6H3,(H,17,20)/b16-10+. The van der Waals surface area contributed by atoms with E-state index in [2.05, 4.69) is 15.4 Å². The Balaban J connectivity index is 2.91. The maximum atomic E-state index is 11.8. The zero-order valence-corrected chi connectivity index (χ0v) is 13.7. The highest BCUT2D eigenvalue weighted by atomic mass is 16.6. The van der Waals surface area contributed by atoms with Gasteiger partial charge >= 0.3 is 18.2 Å². The molecule has 1 N–H and O–H groups in total. The van der Waals surface area contributed by atoms with Crippen molar-refractivity contribution in [3.05, 3.63) is 18.5 Å². The van der Waals surface area contributed by atoms with Crippen LogP contribution in [0.15, 0.2) is 23.5 Å². The van der Waals surface area contributed by atoms with Crippen LogP contribution in [0.25, 0.3) is 0 Å². The summed E-state index contributed by atoms with van der Waals surface area (Å²) in [6.07, 6.45) is 1.34. The number of nitrogens with one attached hydrogen (secondary N) is 1. The lowest BCUT2D eigenvalue weighted by molar-refractivity contribution is 0.0600. The lowest BCUT2D eigenvalue weighted by Gasteiger charge is -2.20. The maximum absolute atomic E-state index is 11.8. The van der Waals surface area contributed by atoms with Gasteiger partial charge in [-0.2, -0.15) is 9.78 Å². The molecule has 1 heterocycles. The molecular weight excluding hydrogens is 288 g/mol. The molecule has 1 rings (SSSR count). The minimum Gasteiger partial charge on any atom is -0.442 e. The number of aliphatic imine (C=N–C) groups is 1. The number of aromatic nitrogens is 2. The van der Waals surface area contributed by atoms with E-state index in [1.807, 2.05) is 0 Å². The van der Waals surface area contributed by atoms with Crippen molar-refractivity contribution >= 4 is 18.2 Å². The third-order valence-corrected chi connectivity index (χ3v) is 1.94. The molecule has 1 aromatic rings. The van der Waals surface area contributed by atoms with Crippen molar-refractivity contribution in [2.75, 3.05) is 0 Å². The van der Waals surface area contributed by atoms with Gasteiger partial charge in [0.1, 0.15) is 5.60 Å². The van der Waals surface area contributed by atoms with Crippen molar-refractivity contribution in [3.63, 3.8) is 0 Å². The van der Waals surface area contributed by atoms with E-state index in [-0.39, 0.29) is 6.02 Å². The lowest BCUT2D eigenvalue weighted by atomic mass is 10.1. The van der Waals surface area contributed by atoms with E-state index in [4.69, 9.17) is 9.47 Å². The van der Waals surface area contributed by atoms with Crippen LogP contribution in [0.3, 0.4) is 0 Å². The fraction of sp³-hybridized carbons (Fsp3) is 0.571. The summed E-state index contributed by atoms with van der Waals surface area (Å²) >= 11 is 0. The lowest BCUT2D eigenvalue weighted by Crippen LogP contribution is -2.42. The number of hydrogen-bond donors (Lipinski definition) is 1. The largest absolute Gasteiger partial charge is 0.442 e. The summed E-state index contributed by atoms with van der Waals surface area (Å²) in [5.74, 6) is 0. The van der Waals surface area contributed by atoms with Crippen molar-refractivity contribution in [3.8, 4) is 0 Å². The van der Waals surface area contributed by atoms with Gasteiger partial charge in [0.25, 0.3) is 0 Å². The van der Waals surface area contributed by atoms with Crippen LogP contribution in [0.5, 0.6) is 0 Å². The minimum atomic E-state index is -0.874. The fourth-order valence-corrected chi connectivity index (χ4v) is 1.28. The van der Waals surface area contributed by atoms with Crippen molar-refractivity contribution in [2.45, 2.75) is 52.7 Å². The summed E-state index contributed by atoms with van der Waals surface area (Å²) < 4.78 is 11.3. The van der Waals surface area contributed by atoms with Gasteiger partial charge in [0.15, 0.2) is 0 Å². The highest BCUT2D eigenvalue weighted by molar-refractivity contribution is 5.93. The van der Waals surface area contributed by atoms with Crippen molar-refractivity contribution < 1.29 is 19.1 Å². The molecule has 0 radical (unpaired) electrons. The first-order chi connectivity index (χ1) is 9.96. The van der Waals surface area contributed by atoms with Gasteiger partial charge in [-0.15, -0.1) is 4.99 Å². The molecule has 0 spiro atoms. The molecule has 1 aromatic heterocycles. The summed E-state index contributed by atoms with van der Waals surface area (Å²) in [7, 11) is 0. The van der Waals surface area contributed by atoms with E-state index in [1.165, 1.54) is 12.4 Å². The third-order valence-electron chi connectivity index (χ3n) is 1.94. The zero-order chi connectivity index (χ0) is 17.0. The van der Waals surface area contributed by atoms with Gasteiger partial charge in [0, 0.05) is 17.9 Å². The Morgan fingerprint density at radius 1 is 1.18 bits per heavy atom. The van der Waals surface area contributed by atoms with E-state index in [0.29, 0.717) is 0 Å². The molecule has 8 heteroatoms. The molecule has 0 aliphatic carbocycles. The first-order valence-electron chi connectivity index (χ1n) is 6.78. The molecule has 0 aliphatic heterocycles. The van der Waals surface area contributed by atoms with Crippen LogP contribution in [0.2, 0.25) is 0 Å². The van der Waals surface area contributed by atoms with E-state index < -0.39 is 23.3 Å². The Bertz CT molecular complexity index is 550. The summed E-state index contributed by atoms with van der Waals surface area (Å²) in [5, 5.41) is 6.49. The summed E-state index contributed by atoms with van der Waals surface area (Å²) in [4.78, 5) is 27.2. The van der Waals surface area contributed by atoms with Crippen LogP contribution in [-0.4, -0.2) is 39.1 Å². The van der Waals surface area contributed by atoms with E-state index in [1.54, 1.807) is 47.6 Å². The molecule has 0 aliphatic rings. The van der Waals surface area contributed by atoms with E-state index in [9.17, 15) is 9.59 Å². The highest BCUT2D eigenvalue weighted by Crippen LogP contribution is 2.08. The summed E-state index contributed by atoms with van der Waals surface area (Å²) in [6, 6.07) is 1.32. The molecule has 8 nitrogen and oxygen atoms in total. The zero-order valence-electron chi connectivity index (χ0n) is 13.7.